The van der Waals surface area contributed by atoms with Crippen molar-refractivity contribution in [2.24, 2.45) is 0 Å². The van der Waals surface area contributed by atoms with E-state index in [1.807, 2.05) is 0 Å². The minimum atomic E-state index is 0.102. The quantitative estimate of drug-likeness (QED) is 0.780. The molecule has 2 heterocycles. The van der Waals surface area contributed by atoms with Gasteiger partial charge in [0.1, 0.15) is 0 Å². The molecular formula is C10H15N3O2. The number of aromatic hydroxyl groups is 1. The van der Waals surface area contributed by atoms with Gasteiger partial charge in [0.05, 0.1) is 18.5 Å². The molecule has 1 aromatic rings. The second-order valence-electron chi connectivity index (χ2n) is 3.66. The van der Waals surface area contributed by atoms with E-state index in [0.29, 0.717) is 12.1 Å². The van der Waals surface area contributed by atoms with E-state index in [1.54, 1.807) is 7.11 Å². The predicted molar refractivity (Wildman–Crippen MR) is 55.9 cm³/mol. The molecule has 0 saturated carbocycles. The van der Waals surface area contributed by atoms with Gasteiger partial charge < -0.3 is 14.7 Å². The molecule has 0 radical (unpaired) electrons. The Morgan fingerprint density at radius 2 is 1.93 bits per heavy atom. The van der Waals surface area contributed by atoms with Crippen molar-refractivity contribution in [2.45, 2.75) is 18.9 Å². The number of methoxy groups -OCH3 is 1. The number of nitrogens with zero attached hydrogens (tertiary/aromatic N) is 3. The monoisotopic (exact) mass is 209 g/mol. The lowest BCUT2D eigenvalue weighted by atomic mass is 10.1. The fourth-order valence-corrected chi connectivity index (χ4v) is 1.77. The van der Waals surface area contributed by atoms with Gasteiger partial charge in [0.15, 0.2) is 5.75 Å². The lowest BCUT2D eigenvalue weighted by molar-refractivity contribution is 0.0816. The van der Waals surface area contributed by atoms with Gasteiger partial charge in [-0.3, -0.25) is 0 Å². The summed E-state index contributed by atoms with van der Waals surface area (Å²) in [6, 6.07) is 0. The molecule has 0 aromatic carbocycles. The lowest BCUT2D eigenvalue weighted by Crippen LogP contribution is -2.37. The summed E-state index contributed by atoms with van der Waals surface area (Å²) in [6.45, 7) is 1.81. The largest absolute Gasteiger partial charge is 0.505 e. The standard InChI is InChI=1S/C10H15N3O2/c1-15-9-2-4-13(5-3-9)10-11-6-8(14)7-12-10/h6-7,9,14H,2-5H2,1H3. The van der Waals surface area contributed by atoms with Crippen LogP contribution in [0.5, 0.6) is 5.75 Å². The van der Waals surface area contributed by atoms with Crippen LogP contribution in [-0.4, -0.2) is 41.4 Å². The molecule has 1 fully saturated rings. The fourth-order valence-electron chi connectivity index (χ4n) is 1.77. The molecule has 0 aliphatic carbocycles. The van der Waals surface area contributed by atoms with Crippen molar-refractivity contribution in [1.82, 2.24) is 9.97 Å². The molecule has 0 unspecified atom stereocenters. The highest BCUT2D eigenvalue weighted by Gasteiger charge is 2.20. The molecule has 0 spiro atoms. The molecule has 1 N–H and O–H groups in total. The van der Waals surface area contributed by atoms with Crippen LogP contribution >= 0.6 is 0 Å². The first-order valence-electron chi connectivity index (χ1n) is 5.08. The van der Waals surface area contributed by atoms with E-state index in [1.165, 1.54) is 12.4 Å². The molecule has 1 saturated heterocycles. The fraction of sp³-hybridized carbons (Fsp3) is 0.600. The summed E-state index contributed by atoms with van der Waals surface area (Å²) in [5.41, 5.74) is 0. The number of ether oxygens (including phenoxy) is 1. The van der Waals surface area contributed by atoms with Crippen molar-refractivity contribution < 1.29 is 9.84 Å². The Hall–Kier alpha value is -1.36. The smallest absolute Gasteiger partial charge is 0.225 e. The Balaban J connectivity index is 1.98. The first kappa shape index (κ1) is 10.2. The van der Waals surface area contributed by atoms with Crippen molar-refractivity contribution in [2.75, 3.05) is 25.1 Å². The summed E-state index contributed by atoms with van der Waals surface area (Å²) in [7, 11) is 1.75. The Bertz CT molecular complexity index is 307. The Kier molecular flexibility index (Phi) is 3.01. The van der Waals surface area contributed by atoms with Crippen LogP contribution in [-0.2, 0) is 4.74 Å². The summed E-state index contributed by atoms with van der Waals surface area (Å²) in [4.78, 5) is 10.3. The van der Waals surface area contributed by atoms with Crippen LogP contribution < -0.4 is 4.90 Å². The van der Waals surface area contributed by atoms with Crippen LogP contribution in [0.15, 0.2) is 12.4 Å². The second-order valence-corrected chi connectivity index (χ2v) is 3.66. The number of rotatable bonds is 2. The average molecular weight is 209 g/mol. The third kappa shape index (κ3) is 2.36. The van der Waals surface area contributed by atoms with E-state index in [0.717, 1.165) is 25.9 Å². The summed E-state index contributed by atoms with van der Waals surface area (Å²) in [6.07, 6.45) is 5.20. The molecule has 0 atom stereocenters. The minimum Gasteiger partial charge on any atom is -0.505 e. The molecule has 2 rings (SSSR count). The minimum absolute atomic E-state index is 0.102. The van der Waals surface area contributed by atoms with Crippen LogP contribution in [0.2, 0.25) is 0 Å². The molecular weight excluding hydrogens is 194 g/mol. The number of hydrogen-bond acceptors (Lipinski definition) is 5. The Morgan fingerprint density at radius 3 is 2.47 bits per heavy atom. The molecule has 1 aromatic heterocycles. The number of hydrogen-bond donors (Lipinski definition) is 1. The van der Waals surface area contributed by atoms with E-state index in [-0.39, 0.29) is 5.75 Å². The summed E-state index contributed by atoms with van der Waals surface area (Å²) in [5.74, 6) is 0.785. The van der Waals surface area contributed by atoms with E-state index in [9.17, 15) is 0 Å². The first-order chi connectivity index (χ1) is 7.29. The van der Waals surface area contributed by atoms with Crippen LogP contribution in [0.4, 0.5) is 5.95 Å². The van der Waals surface area contributed by atoms with Crippen molar-refractivity contribution in [3.63, 3.8) is 0 Å². The van der Waals surface area contributed by atoms with Gasteiger partial charge in [-0.2, -0.15) is 0 Å². The number of anilines is 1. The molecule has 0 amide bonds. The van der Waals surface area contributed by atoms with E-state index >= 15 is 0 Å². The van der Waals surface area contributed by atoms with Gasteiger partial charge in [-0.25, -0.2) is 9.97 Å². The highest BCUT2D eigenvalue weighted by atomic mass is 16.5. The third-order valence-corrected chi connectivity index (χ3v) is 2.68. The molecule has 0 bridgehead atoms. The SMILES string of the molecule is COC1CCN(c2ncc(O)cn2)CC1. The van der Waals surface area contributed by atoms with Gasteiger partial charge >= 0.3 is 0 Å². The molecule has 1 aliphatic heterocycles. The van der Waals surface area contributed by atoms with Crippen molar-refractivity contribution in [3.05, 3.63) is 12.4 Å². The second kappa shape index (κ2) is 4.44. The van der Waals surface area contributed by atoms with Gasteiger partial charge in [0.2, 0.25) is 5.95 Å². The van der Waals surface area contributed by atoms with Gasteiger partial charge in [0.25, 0.3) is 0 Å². The van der Waals surface area contributed by atoms with Crippen molar-refractivity contribution >= 4 is 5.95 Å². The van der Waals surface area contributed by atoms with E-state index in [2.05, 4.69) is 14.9 Å². The maximum absolute atomic E-state index is 9.07. The zero-order valence-corrected chi connectivity index (χ0v) is 8.76. The predicted octanol–water partition coefficient (Wildman–Crippen LogP) is 0.797. The molecule has 1 aliphatic rings. The number of aromatic nitrogens is 2. The lowest BCUT2D eigenvalue weighted by Gasteiger charge is -2.30. The summed E-state index contributed by atoms with van der Waals surface area (Å²) < 4.78 is 5.29. The van der Waals surface area contributed by atoms with Crippen LogP contribution in [0.1, 0.15) is 12.8 Å². The van der Waals surface area contributed by atoms with Crippen molar-refractivity contribution in [3.8, 4) is 5.75 Å². The van der Waals surface area contributed by atoms with Gasteiger partial charge in [-0.1, -0.05) is 0 Å². The maximum atomic E-state index is 9.07. The Labute approximate surface area is 88.7 Å². The van der Waals surface area contributed by atoms with E-state index in [4.69, 9.17) is 9.84 Å². The first-order valence-corrected chi connectivity index (χ1v) is 5.08. The normalized spacial score (nSPS) is 18.1. The van der Waals surface area contributed by atoms with Gasteiger partial charge in [-0.15, -0.1) is 0 Å². The maximum Gasteiger partial charge on any atom is 0.225 e. The highest BCUT2D eigenvalue weighted by Crippen LogP contribution is 2.18. The molecule has 15 heavy (non-hydrogen) atoms. The van der Waals surface area contributed by atoms with Gasteiger partial charge in [0, 0.05) is 20.2 Å². The van der Waals surface area contributed by atoms with Crippen LogP contribution in [0.25, 0.3) is 0 Å². The molecule has 5 nitrogen and oxygen atoms in total. The van der Waals surface area contributed by atoms with Crippen molar-refractivity contribution in [1.29, 1.82) is 0 Å². The average Bonchev–Trinajstić information content (AvgIpc) is 2.30. The topological polar surface area (TPSA) is 58.5 Å². The Morgan fingerprint density at radius 1 is 1.33 bits per heavy atom. The van der Waals surface area contributed by atoms with Gasteiger partial charge in [-0.05, 0) is 12.8 Å². The summed E-state index contributed by atoms with van der Waals surface area (Å²) in [5, 5.41) is 9.07. The molecule has 82 valence electrons. The molecule has 5 heteroatoms. The zero-order chi connectivity index (χ0) is 10.7. The summed E-state index contributed by atoms with van der Waals surface area (Å²) >= 11 is 0. The highest BCUT2D eigenvalue weighted by molar-refractivity contribution is 5.31. The van der Waals surface area contributed by atoms with Crippen LogP contribution in [0, 0.1) is 0 Å². The third-order valence-electron chi connectivity index (χ3n) is 2.68. The van der Waals surface area contributed by atoms with Crippen LogP contribution in [0.3, 0.4) is 0 Å². The van der Waals surface area contributed by atoms with E-state index < -0.39 is 0 Å². The zero-order valence-electron chi connectivity index (χ0n) is 8.76. The number of piperidine rings is 1.